The summed E-state index contributed by atoms with van der Waals surface area (Å²) in [5, 5.41) is 1.81. The number of carbonyl (C=O) groups excluding carboxylic acids is 4. The summed E-state index contributed by atoms with van der Waals surface area (Å²) in [4.78, 5) is 48.9. The van der Waals surface area contributed by atoms with Gasteiger partial charge in [-0.25, -0.2) is 0 Å². The Kier molecular flexibility index (Phi) is 3.81. The Hall–Kier alpha value is -2.85. The Morgan fingerprint density at radius 1 is 1.04 bits per heavy atom. The predicted octanol–water partition coefficient (Wildman–Crippen LogP) is -1.19. The van der Waals surface area contributed by atoms with Crippen LogP contribution in [0.4, 0.5) is 0 Å². The zero-order valence-electron chi connectivity index (χ0n) is 12.6. The minimum atomic E-state index is -5.18. The highest BCUT2D eigenvalue weighted by molar-refractivity contribution is 7.88. The van der Waals surface area contributed by atoms with Crippen LogP contribution in [0.1, 0.15) is 5.56 Å². The van der Waals surface area contributed by atoms with Crippen molar-refractivity contribution in [3.05, 3.63) is 48.0 Å². The van der Waals surface area contributed by atoms with Crippen LogP contribution >= 0.6 is 0 Å². The zero-order chi connectivity index (χ0) is 18.4. The molecule has 1 saturated heterocycles. The van der Waals surface area contributed by atoms with Gasteiger partial charge in [0.05, 0.1) is 0 Å². The van der Waals surface area contributed by atoms with Gasteiger partial charge in [0.15, 0.2) is 6.04 Å². The second kappa shape index (κ2) is 5.60. The van der Waals surface area contributed by atoms with E-state index in [1.54, 1.807) is 18.2 Å². The summed E-state index contributed by atoms with van der Waals surface area (Å²) in [6, 6.07) is 5.77. The summed E-state index contributed by atoms with van der Waals surface area (Å²) in [6.07, 6.45) is 1.12. The molecule has 9 nitrogen and oxygen atoms in total. The molecule has 25 heavy (non-hydrogen) atoms. The normalized spacial score (nSPS) is 26.4. The Bertz CT molecular complexity index is 904. The lowest BCUT2D eigenvalue weighted by atomic mass is 9.91. The lowest BCUT2D eigenvalue weighted by Crippen LogP contribution is -2.61. The smallest absolute Gasteiger partial charge is 0.282 e. The van der Waals surface area contributed by atoms with Crippen LogP contribution in [0, 0.1) is 0 Å². The van der Waals surface area contributed by atoms with Crippen molar-refractivity contribution in [2.45, 2.75) is 17.2 Å². The lowest BCUT2D eigenvalue weighted by molar-refractivity contribution is -0.144. The fourth-order valence-corrected chi connectivity index (χ4v) is 4.17. The van der Waals surface area contributed by atoms with Crippen LogP contribution in [0.2, 0.25) is 0 Å². The monoisotopic (exact) mass is 364 g/mol. The van der Waals surface area contributed by atoms with Gasteiger partial charge in [0.1, 0.15) is 0 Å². The van der Waals surface area contributed by atoms with Gasteiger partial charge < -0.3 is 0 Å². The van der Waals surface area contributed by atoms with E-state index in [-0.39, 0.29) is 0 Å². The second-order valence-corrected chi connectivity index (χ2v) is 7.31. The first-order chi connectivity index (χ1) is 11.7. The number of benzene rings is 1. The maximum Gasteiger partial charge on any atom is 0.282 e. The molecule has 0 bridgehead atoms. The van der Waals surface area contributed by atoms with Crippen molar-refractivity contribution >= 4 is 33.7 Å². The average Bonchev–Trinajstić information content (AvgIpc) is 2.97. The summed E-state index contributed by atoms with van der Waals surface area (Å²) in [5.74, 6) is -4.33. The predicted molar refractivity (Wildman–Crippen MR) is 82.4 cm³/mol. The molecule has 2 aliphatic heterocycles. The molecule has 4 amide bonds. The number of imide groups is 2. The average molecular weight is 364 g/mol. The number of nitrogens with zero attached hydrogens (tertiary/aromatic N) is 1. The van der Waals surface area contributed by atoms with Crippen molar-refractivity contribution in [2.24, 2.45) is 0 Å². The summed E-state index contributed by atoms with van der Waals surface area (Å²) in [7, 11) is -5.18. The summed E-state index contributed by atoms with van der Waals surface area (Å²) in [5.41, 5.74) is 0.321. The molecule has 2 atom stereocenters. The third-order valence-corrected chi connectivity index (χ3v) is 5.66. The van der Waals surface area contributed by atoms with E-state index in [1.807, 2.05) is 5.32 Å². The molecule has 1 aromatic carbocycles. The SMILES string of the molecule is O=C1NC(=O)C(Cc2ccccc2)(S(=O)(=O)O)C1N1C(=O)C=CC1=O. The first kappa shape index (κ1) is 17.0. The molecule has 2 N–H and O–H groups in total. The van der Waals surface area contributed by atoms with Crippen LogP contribution in [-0.2, 0) is 35.7 Å². The molecular formula is C15H12N2O7S. The van der Waals surface area contributed by atoms with Crippen LogP contribution in [0.3, 0.4) is 0 Å². The van der Waals surface area contributed by atoms with E-state index in [4.69, 9.17) is 0 Å². The topological polar surface area (TPSA) is 138 Å². The van der Waals surface area contributed by atoms with Gasteiger partial charge in [0.2, 0.25) is 4.75 Å². The molecule has 0 aromatic heterocycles. The van der Waals surface area contributed by atoms with Crippen molar-refractivity contribution in [2.75, 3.05) is 0 Å². The second-order valence-electron chi connectivity index (χ2n) is 5.63. The maximum atomic E-state index is 12.4. The van der Waals surface area contributed by atoms with Gasteiger partial charge in [0.25, 0.3) is 33.7 Å². The quantitative estimate of drug-likeness (QED) is 0.506. The van der Waals surface area contributed by atoms with Crippen LogP contribution in [0.25, 0.3) is 0 Å². The molecule has 1 fully saturated rings. The van der Waals surface area contributed by atoms with E-state index in [0.717, 1.165) is 12.2 Å². The molecule has 0 saturated carbocycles. The molecule has 2 unspecified atom stereocenters. The van der Waals surface area contributed by atoms with Crippen molar-refractivity contribution in [1.82, 2.24) is 10.2 Å². The molecule has 3 rings (SSSR count). The standard InChI is InChI=1S/C15H12N2O7S/c18-10-6-7-11(19)17(10)12-13(20)16-14(21)15(12,25(22,23)24)8-9-4-2-1-3-5-9/h1-7,12H,8H2,(H,16,20,21)(H,22,23,24). The molecule has 0 spiro atoms. The van der Waals surface area contributed by atoms with Gasteiger partial charge >= 0.3 is 0 Å². The molecule has 2 heterocycles. The molecule has 2 aliphatic rings. The minimum absolute atomic E-state index is 0.321. The van der Waals surface area contributed by atoms with Crippen LogP contribution in [0.15, 0.2) is 42.5 Å². The van der Waals surface area contributed by atoms with Crippen molar-refractivity contribution in [1.29, 1.82) is 0 Å². The third kappa shape index (κ3) is 2.46. The third-order valence-electron chi connectivity index (χ3n) is 4.18. The number of hydrogen-bond donors (Lipinski definition) is 2. The highest BCUT2D eigenvalue weighted by Gasteiger charge is 2.67. The number of nitrogens with one attached hydrogen (secondary N) is 1. The van der Waals surface area contributed by atoms with Gasteiger partial charge in [-0.05, 0) is 5.56 Å². The molecule has 0 radical (unpaired) electrons. The van der Waals surface area contributed by atoms with Crippen molar-refractivity contribution in [3.8, 4) is 0 Å². The van der Waals surface area contributed by atoms with Gasteiger partial charge in [-0.15, -0.1) is 0 Å². The maximum absolute atomic E-state index is 12.4. The van der Waals surface area contributed by atoms with E-state index < -0.39 is 51.0 Å². The fourth-order valence-electron chi connectivity index (χ4n) is 3.04. The molecular weight excluding hydrogens is 352 g/mol. The molecule has 0 aliphatic carbocycles. The minimum Gasteiger partial charge on any atom is -0.293 e. The highest BCUT2D eigenvalue weighted by Crippen LogP contribution is 2.35. The summed E-state index contributed by atoms with van der Waals surface area (Å²) in [6.45, 7) is 0. The Balaban J connectivity index is 2.20. The molecule has 10 heteroatoms. The number of rotatable bonds is 4. The largest absolute Gasteiger partial charge is 0.293 e. The van der Waals surface area contributed by atoms with Gasteiger partial charge in [-0.1, -0.05) is 30.3 Å². The van der Waals surface area contributed by atoms with Gasteiger partial charge in [-0.2, -0.15) is 8.42 Å². The van der Waals surface area contributed by atoms with E-state index >= 15 is 0 Å². The number of amides is 4. The van der Waals surface area contributed by atoms with E-state index in [9.17, 15) is 32.1 Å². The highest BCUT2D eigenvalue weighted by atomic mass is 32.2. The Morgan fingerprint density at radius 3 is 2.12 bits per heavy atom. The first-order valence-electron chi connectivity index (χ1n) is 7.10. The van der Waals surface area contributed by atoms with E-state index in [1.165, 1.54) is 12.1 Å². The molecule has 130 valence electrons. The van der Waals surface area contributed by atoms with Crippen LogP contribution in [-0.4, -0.2) is 52.3 Å². The number of carbonyl (C=O) groups is 4. The first-order valence-corrected chi connectivity index (χ1v) is 8.54. The van der Waals surface area contributed by atoms with Gasteiger partial charge in [0, 0.05) is 18.6 Å². The lowest BCUT2D eigenvalue weighted by Gasteiger charge is -2.32. The van der Waals surface area contributed by atoms with Crippen molar-refractivity contribution in [3.63, 3.8) is 0 Å². The van der Waals surface area contributed by atoms with Crippen LogP contribution in [0.5, 0.6) is 0 Å². The Labute approximate surface area is 142 Å². The summed E-state index contributed by atoms with van der Waals surface area (Å²) < 4.78 is 31.4. The van der Waals surface area contributed by atoms with E-state index in [2.05, 4.69) is 0 Å². The van der Waals surface area contributed by atoms with Gasteiger partial charge in [-0.3, -0.25) is 33.9 Å². The zero-order valence-corrected chi connectivity index (χ0v) is 13.4. The van der Waals surface area contributed by atoms with Crippen LogP contribution < -0.4 is 5.32 Å². The van der Waals surface area contributed by atoms with Crippen molar-refractivity contribution < 1.29 is 32.1 Å². The Morgan fingerprint density at radius 2 is 1.60 bits per heavy atom. The fraction of sp³-hybridized carbons (Fsp3) is 0.200. The molecule has 1 aromatic rings. The van der Waals surface area contributed by atoms with E-state index in [0.29, 0.717) is 10.5 Å². The summed E-state index contributed by atoms with van der Waals surface area (Å²) >= 11 is 0. The number of hydrogen-bond acceptors (Lipinski definition) is 6.